The molecule has 0 bridgehead atoms. The lowest BCUT2D eigenvalue weighted by Crippen LogP contribution is -2.00. The summed E-state index contributed by atoms with van der Waals surface area (Å²) in [6.45, 7) is 0.599. The Morgan fingerprint density at radius 2 is 2.24 bits per heavy atom. The minimum absolute atomic E-state index is 0.0519. The number of nitro groups is 1. The molecule has 0 saturated heterocycles. The van der Waals surface area contributed by atoms with Gasteiger partial charge in [0.25, 0.3) is 0 Å². The van der Waals surface area contributed by atoms with Gasteiger partial charge < -0.3 is 9.47 Å². The molecule has 94 valence electrons. The molecule has 0 N–H and O–H groups in total. The van der Waals surface area contributed by atoms with Crippen LogP contribution >= 0.6 is 11.8 Å². The lowest BCUT2D eigenvalue weighted by molar-refractivity contribution is -0.385. The molecule has 0 amide bonds. The van der Waals surface area contributed by atoms with Gasteiger partial charge in [-0.15, -0.1) is 0 Å². The van der Waals surface area contributed by atoms with Gasteiger partial charge in [-0.25, -0.2) is 0 Å². The lowest BCUT2D eigenvalue weighted by atomic mass is 10.3. The van der Waals surface area contributed by atoms with E-state index in [0.29, 0.717) is 12.4 Å². The summed E-state index contributed by atoms with van der Waals surface area (Å²) in [6, 6.07) is 4.51. The fraction of sp³-hybridized carbons (Fsp3) is 0.455. The highest BCUT2D eigenvalue weighted by molar-refractivity contribution is 7.98. The van der Waals surface area contributed by atoms with E-state index in [4.69, 9.17) is 9.47 Å². The van der Waals surface area contributed by atoms with Crippen molar-refractivity contribution in [2.24, 2.45) is 0 Å². The van der Waals surface area contributed by atoms with Crippen LogP contribution in [0.2, 0.25) is 0 Å². The number of thioether (sulfide) groups is 1. The van der Waals surface area contributed by atoms with E-state index in [-0.39, 0.29) is 11.4 Å². The van der Waals surface area contributed by atoms with Crippen molar-refractivity contribution in [3.05, 3.63) is 28.3 Å². The summed E-state index contributed by atoms with van der Waals surface area (Å²) in [6.07, 6.45) is 2.98. The van der Waals surface area contributed by atoms with Gasteiger partial charge in [-0.2, -0.15) is 11.8 Å². The number of nitrogens with zero attached hydrogens (tertiary/aromatic N) is 1. The number of methoxy groups -OCH3 is 1. The summed E-state index contributed by atoms with van der Waals surface area (Å²) in [4.78, 5) is 10.2. The number of nitro benzene ring substituents is 1. The Hall–Kier alpha value is -1.43. The van der Waals surface area contributed by atoms with Crippen LogP contribution < -0.4 is 9.47 Å². The minimum atomic E-state index is -0.476. The molecule has 0 aliphatic rings. The zero-order valence-corrected chi connectivity index (χ0v) is 10.7. The predicted octanol–water partition coefficient (Wildman–Crippen LogP) is 2.74. The molecule has 1 rings (SSSR count). The van der Waals surface area contributed by atoms with Crippen LogP contribution in [-0.2, 0) is 0 Å². The molecule has 0 saturated carbocycles. The minimum Gasteiger partial charge on any atom is -0.493 e. The molecule has 0 unspecified atom stereocenters. The van der Waals surface area contributed by atoms with Gasteiger partial charge in [-0.3, -0.25) is 10.1 Å². The standard InChI is InChI=1S/C11H15NO4S/c1-15-11-8-9(16-6-3-7-17-2)4-5-10(11)12(13)14/h4-5,8H,3,6-7H2,1-2H3. The molecular formula is C11H15NO4S. The van der Waals surface area contributed by atoms with Gasteiger partial charge in [0.15, 0.2) is 0 Å². The Morgan fingerprint density at radius 1 is 1.47 bits per heavy atom. The summed E-state index contributed by atoms with van der Waals surface area (Å²) >= 11 is 1.76. The molecule has 0 heterocycles. The molecule has 0 radical (unpaired) electrons. The topological polar surface area (TPSA) is 61.6 Å². The highest BCUT2D eigenvalue weighted by Gasteiger charge is 2.14. The molecule has 17 heavy (non-hydrogen) atoms. The fourth-order valence-electron chi connectivity index (χ4n) is 1.29. The van der Waals surface area contributed by atoms with Crippen molar-refractivity contribution in [3.8, 4) is 11.5 Å². The van der Waals surface area contributed by atoms with Crippen molar-refractivity contribution in [2.45, 2.75) is 6.42 Å². The van der Waals surface area contributed by atoms with E-state index in [1.54, 1.807) is 17.8 Å². The molecule has 5 nitrogen and oxygen atoms in total. The Bertz CT molecular complexity index is 384. The predicted molar refractivity (Wildman–Crippen MR) is 68.1 cm³/mol. The van der Waals surface area contributed by atoms with E-state index in [9.17, 15) is 10.1 Å². The summed E-state index contributed by atoms with van der Waals surface area (Å²) < 4.78 is 10.4. The van der Waals surface area contributed by atoms with Crippen LogP contribution in [0.3, 0.4) is 0 Å². The second kappa shape index (κ2) is 7.01. The van der Waals surface area contributed by atoms with Crippen LogP contribution in [0.4, 0.5) is 5.69 Å². The Kier molecular flexibility index (Phi) is 5.62. The molecule has 0 aliphatic heterocycles. The summed E-state index contributed by atoms with van der Waals surface area (Å²) in [5.74, 6) is 1.84. The smallest absolute Gasteiger partial charge is 0.311 e. The van der Waals surface area contributed by atoms with Crippen LogP contribution in [0, 0.1) is 10.1 Å². The zero-order chi connectivity index (χ0) is 12.7. The van der Waals surface area contributed by atoms with Crippen molar-refractivity contribution >= 4 is 17.4 Å². The fourth-order valence-corrected chi connectivity index (χ4v) is 1.70. The van der Waals surface area contributed by atoms with E-state index >= 15 is 0 Å². The van der Waals surface area contributed by atoms with Crippen molar-refractivity contribution in [3.63, 3.8) is 0 Å². The second-order valence-corrected chi connectivity index (χ2v) is 4.27. The third-order valence-electron chi connectivity index (χ3n) is 2.11. The number of hydrogen-bond donors (Lipinski definition) is 0. The number of hydrogen-bond acceptors (Lipinski definition) is 5. The largest absolute Gasteiger partial charge is 0.493 e. The first kappa shape index (κ1) is 13.6. The molecule has 0 spiro atoms. The van der Waals surface area contributed by atoms with E-state index in [2.05, 4.69) is 0 Å². The van der Waals surface area contributed by atoms with Crippen molar-refractivity contribution in [1.29, 1.82) is 0 Å². The monoisotopic (exact) mass is 257 g/mol. The quantitative estimate of drug-likeness (QED) is 0.427. The van der Waals surface area contributed by atoms with Crippen molar-refractivity contribution in [1.82, 2.24) is 0 Å². The highest BCUT2D eigenvalue weighted by atomic mass is 32.2. The molecule has 0 atom stereocenters. The maximum absolute atomic E-state index is 10.7. The van der Waals surface area contributed by atoms with E-state index in [1.807, 2.05) is 6.26 Å². The van der Waals surface area contributed by atoms with Crippen LogP contribution in [0.15, 0.2) is 18.2 Å². The second-order valence-electron chi connectivity index (χ2n) is 3.29. The van der Waals surface area contributed by atoms with Gasteiger partial charge in [0, 0.05) is 12.1 Å². The van der Waals surface area contributed by atoms with Crippen molar-refractivity contribution < 1.29 is 14.4 Å². The zero-order valence-electron chi connectivity index (χ0n) is 9.84. The first-order chi connectivity index (χ1) is 8.19. The molecule has 1 aromatic rings. The van der Waals surface area contributed by atoms with Crippen LogP contribution in [-0.4, -0.2) is 30.6 Å². The average Bonchev–Trinajstić information content (AvgIpc) is 2.34. The van der Waals surface area contributed by atoms with E-state index in [0.717, 1.165) is 12.2 Å². The third kappa shape index (κ3) is 4.14. The Morgan fingerprint density at radius 3 is 2.82 bits per heavy atom. The van der Waals surface area contributed by atoms with Gasteiger partial charge in [0.1, 0.15) is 5.75 Å². The SMILES string of the molecule is COc1cc(OCCCSC)ccc1[N+](=O)[O-]. The summed E-state index contributed by atoms with van der Waals surface area (Å²) in [7, 11) is 1.40. The third-order valence-corrected chi connectivity index (χ3v) is 2.81. The molecule has 6 heteroatoms. The first-order valence-electron chi connectivity index (χ1n) is 5.13. The van der Waals surface area contributed by atoms with Gasteiger partial charge in [-0.1, -0.05) is 0 Å². The highest BCUT2D eigenvalue weighted by Crippen LogP contribution is 2.30. The summed E-state index contributed by atoms with van der Waals surface area (Å²) in [5, 5.41) is 10.7. The Labute approximate surface area is 104 Å². The molecule has 0 aromatic heterocycles. The normalized spacial score (nSPS) is 10.0. The molecule has 1 aromatic carbocycles. The van der Waals surface area contributed by atoms with Crippen LogP contribution in [0.5, 0.6) is 11.5 Å². The lowest BCUT2D eigenvalue weighted by Gasteiger charge is -2.07. The molecule has 0 aliphatic carbocycles. The molecular weight excluding hydrogens is 242 g/mol. The van der Waals surface area contributed by atoms with Gasteiger partial charge in [0.05, 0.1) is 18.6 Å². The van der Waals surface area contributed by atoms with Gasteiger partial charge >= 0.3 is 5.69 Å². The summed E-state index contributed by atoms with van der Waals surface area (Å²) in [5.41, 5.74) is -0.0519. The maximum Gasteiger partial charge on any atom is 0.311 e. The average molecular weight is 257 g/mol. The molecule has 0 fully saturated rings. The van der Waals surface area contributed by atoms with Gasteiger partial charge in [0.2, 0.25) is 5.75 Å². The van der Waals surface area contributed by atoms with Crippen LogP contribution in [0.25, 0.3) is 0 Å². The van der Waals surface area contributed by atoms with E-state index < -0.39 is 4.92 Å². The number of ether oxygens (including phenoxy) is 2. The van der Waals surface area contributed by atoms with Crippen LogP contribution in [0.1, 0.15) is 6.42 Å². The first-order valence-corrected chi connectivity index (χ1v) is 6.52. The Balaban J connectivity index is 2.66. The van der Waals surface area contributed by atoms with E-state index in [1.165, 1.54) is 19.2 Å². The maximum atomic E-state index is 10.7. The number of rotatable bonds is 7. The number of benzene rings is 1. The van der Waals surface area contributed by atoms with Gasteiger partial charge in [-0.05, 0) is 24.5 Å². The van der Waals surface area contributed by atoms with Crippen molar-refractivity contribution in [2.75, 3.05) is 25.7 Å².